The molecule has 2 aliphatic heterocycles. The maximum atomic E-state index is 8.49. The molecule has 2 rings (SSSR count). The Kier molecular flexibility index (Phi) is 113. The zero-order valence-corrected chi connectivity index (χ0v) is 26.7. The van der Waals surface area contributed by atoms with Crippen LogP contribution in [0.2, 0.25) is 0 Å². The van der Waals surface area contributed by atoms with Gasteiger partial charge in [0.05, 0.1) is 0 Å². The van der Waals surface area contributed by atoms with Crippen molar-refractivity contribution in [3.8, 4) is 0 Å². The Balaban J connectivity index is -0.0000000411. The maximum absolute atomic E-state index is 8.49. The van der Waals surface area contributed by atoms with Gasteiger partial charge in [-0.1, -0.05) is 0 Å². The van der Waals surface area contributed by atoms with Crippen molar-refractivity contribution in [1.82, 2.24) is 43.1 Å². The molecule has 34 heteroatoms. The van der Waals surface area contributed by atoms with Crippen molar-refractivity contribution in [2.24, 2.45) is 21.4 Å². The van der Waals surface area contributed by atoms with Crippen LogP contribution < -0.4 is 80.4 Å². The molecular weight excluding hydrogens is 783 g/mol. The van der Waals surface area contributed by atoms with Crippen LogP contribution in [0.1, 0.15) is 0 Å². The minimum atomic E-state index is -4.94. The van der Waals surface area contributed by atoms with Crippen LogP contribution in [0.3, 0.4) is 0 Å². The van der Waals surface area contributed by atoms with Gasteiger partial charge in [0.15, 0.2) is 0 Å². The number of nitrogens with zero attached hydrogens (tertiary/aromatic N) is 6. The number of hydrogen-bond acceptors (Lipinski definition) is 28. The standard InChI is InChI=1S/2C6H15N3.2ClHO4.2Fe.4HNO2.2NO/c2*1-2-8-5-6-9-4-3-7-1;2*2-1(3,4)5;;;4*2-1-3;2*1-2/h2*7-9H,1-6H2;2*(H,2,3,4,5);;;4*(H,2,3);;/q;;;;2*+6;;;;;;/p-6. The van der Waals surface area contributed by atoms with Crippen molar-refractivity contribution in [3.05, 3.63) is 50.3 Å². The van der Waals surface area contributed by atoms with Gasteiger partial charge in [-0.25, -0.2) is 37.3 Å². The molecule has 46 heavy (non-hydrogen) atoms. The molecule has 0 unspecified atom stereocenters. The second kappa shape index (κ2) is 74.0. The Morgan fingerprint density at radius 2 is 0.391 bits per heavy atom. The Bertz CT molecular complexity index is 417. The summed E-state index contributed by atoms with van der Waals surface area (Å²) in [5.74, 6) is 0. The monoisotopic (exact) mass is 812 g/mol. The molecule has 270 valence electrons. The van der Waals surface area contributed by atoms with E-state index in [0.717, 1.165) is 99.9 Å². The molecule has 0 aliphatic carbocycles. The van der Waals surface area contributed by atoms with Gasteiger partial charge in [0.25, 0.3) is 0 Å². The molecule has 0 bridgehead atoms. The summed E-state index contributed by atoms with van der Waals surface area (Å²) in [5.41, 5.74) is 11.5. The van der Waals surface area contributed by atoms with E-state index >= 15 is 0 Å². The first-order valence-electron chi connectivity index (χ1n) is 10.3. The third kappa shape index (κ3) is 278. The minimum absolute atomic E-state index is 0. The molecule has 2 fully saturated rings. The van der Waals surface area contributed by atoms with Gasteiger partial charge < -0.3 is 72.4 Å². The number of rotatable bonds is 0. The molecule has 0 aromatic rings. The molecule has 2 radical (unpaired) electrons. The van der Waals surface area contributed by atoms with E-state index in [0.29, 0.717) is 0 Å². The summed E-state index contributed by atoms with van der Waals surface area (Å²) in [5, 5.41) is 55.8. The van der Waals surface area contributed by atoms with Gasteiger partial charge in [0.2, 0.25) is 0 Å². The Labute approximate surface area is 284 Å². The molecule has 2 heterocycles. The van der Waals surface area contributed by atoms with E-state index in [1.807, 2.05) is 0 Å². The Hall–Kier alpha value is -2.14. The van der Waals surface area contributed by atoms with Crippen molar-refractivity contribution >= 4 is 0 Å². The molecule has 0 aromatic heterocycles. The molecule has 2 saturated heterocycles. The van der Waals surface area contributed by atoms with Crippen molar-refractivity contribution in [2.75, 3.05) is 78.5 Å². The summed E-state index contributed by atoms with van der Waals surface area (Å²) in [6.45, 7) is 13.2. The fraction of sp³-hybridized carbons (Fsp3) is 1.00. The zero-order valence-electron chi connectivity index (χ0n) is 23.0. The van der Waals surface area contributed by atoms with Crippen LogP contribution in [0.15, 0.2) is 21.4 Å². The largest absolute Gasteiger partial charge is 6.00 e. The number of nitrogens with one attached hydrogen (secondary N) is 6. The zero-order chi connectivity index (χ0) is 36.6. The van der Waals surface area contributed by atoms with E-state index in [-0.39, 0.29) is 34.1 Å². The molecule has 0 saturated carbocycles. The second-order valence-electron chi connectivity index (χ2n) is 5.55. The molecule has 2 aliphatic rings. The number of halogens is 2. The summed E-state index contributed by atoms with van der Waals surface area (Å²) in [4.78, 5) is 46.5. The second-order valence-corrected chi connectivity index (χ2v) is 7.07. The minimum Gasteiger partial charge on any atom is -0.444 e. The first-order chi connectivity index (χ1) is 20.7. The van der Waals surface area contributed by atoms with E-state index in [1.165, 1.54) is 0 Å². The fourth-order valence-corrected chi connectivity index (χ4v) is 1.81. The molecular formula is C12H30Cl2Fe2N12O18+6. The average molecular weight is 813 g/mol. The van der Waals surface area contributed by atoms with Gasteiger partial charge in [-0.3, -0.25) is 0 Å². The van der Waals surface area contributed by atoms with Gasteiger partial charge in [-0.2, -0.15) is 0 Å². The SMILES string of the molecule is C1CNCCNCCN1.C1CNCCNCCN1.O=N[O-].O=N[O-].O=N[O-].O=N[O-].[Fe+6].[Fe+6].[N]=O.[N]=O.[O-][Cl+3]([O-])([O-])[O-].[O-][Cl+3]([O-])([O-])[O-]. The first kappa shape index (κ1) is 70.3. The van der Waals surface area contributed by atoms with Crippen LogP contribution in [0, 0.1) is 70.8 Å². The van der Waals surface area contributed by atoms with E-state index in [4.69, 9.17) is 98.7 Å². The predicted octanol–water partition coefficient (Wildman–Crippen LogP) is -11.9. The molecule has 6 N–H and O–H groups in total. The fourth-order valence-electron chi connectivity index (χ4n) is 1.81. The van der Waals surface area contributed by atoms with Crippen molar-refractivity contribution in [1.29, 1.82) is 0 Å². The average Bonchev–Trinajstić information content (AvgIpc) is 3.18. The van der Waals surface area contributed by atoms with Gasteiger partial charge in [0.1, 0.15) is 11.2 Å². The Morgan fingerprint density at radius 3 is 0.435 bits per heavy atom. The van der Waals surface area contributed by atoms with Gasteiger partial charge in [0, 0.05) is 78.5 Å². The van der Waals surface area contributed by atoms with Gasteiger partial charge in [-0.05, 0) is 0 Å². The van der Waals surface area contributed by atoms with Crippen LogP contribution in [-0.4, -0.2) is 78.5 Å². The van der Waals surface area contributed by atoms with Crippen molar-refractivity contribution in [3.63, 3.8) is 0 Å². The first-order valence-corrected chi connectivity index (χ1v) is 12.8. The molecule has 0 amide bonds. The van der Waals surface area contributed by atoms with E-state index in [1.54, 1.807) is 0 Å². The third-order valence-corrected chi connectivity index (χ3v) is 2.87. The smallest absolute Gasteiger partial charge is 0.444 e. The van der Waals surface area contributed by atoms with Crippen molar-refractivity contribution < 1.29 is 91.9 Å². The van der Waals surface area contributed by atoms with Gasteiger partial charge >= 0.3 is 34.1 Å². The number of nitroso groups, excluding NO2 is 2. The molecule has 0 spiro atoms. The summed E-state index contributed by atoms with van der Waals surface area (Å²) >= 11 is 0. The van der Waals surface area contributed by atoms with E-state index in [2.05, 4.69) is 31.9 Å². The maximum Gasteiger partial charge on any atom is 6.00 e. The summed E-state index contributed by atoms with van der Waals surface area (Å²) in [6.07, 6.45) is 0. The van der Waals surface area contributed by atoms with Crippen LogP contribution in [0.25, 0.3) is 0 Å². The van der Waals surface area contributed by atoms with Crippen LogP contribution in [0.5, 0.6) is 0 Å². The van der Waals surface area contributed by atoms with Crippen LogP contribution in [0.4, 0.5) is 0 Å². The normalized spacial score (nSPS) is 13.2. The third-order valence-electron chi connectivity index (χ3n) is 2.87. The molecule has 30 nitrogen and oxygen atoms in total. The van der Waals surface area contributed by atoms with Crippen LogP contribution >= 0.6 is 0 Å². The van der Waals surface area contributed by atoms with Crippen LogP contribution in [-0.2, 0) is 34.1 Å². The number of hydrogen-bond donors (Lipinski definition) is 6. The van der Waals surface area contributed by atoms with E-state index in [9.17, 15) is 0 Å². The summed E-state index contributed by atoms with van der Waals surface area (Å²) in [6, 6.07) is 0. The Morgan fingerprint density at radius 1 is 0.348 bits per heavy atom. The summed E-state index contributed by atoms with van der Waals surface area (Å²) in [7, 11) is -9.89. The quantitative estimate of drug-likeness (QED) is 0.0751. The molecule has 0 atom stereocenters. The van der Waals surface area contributed by atoms with Crippen molar-refractivity contribution in [2.45, 2.75) is 0 Å². The summed E-state index contributed by atoms with van der Waals surface area (Å²) < 4.78 is 67.9. The topological polar surface area (TPSA) is 545 Å². The molecule has 0 aromatic carbocycles. The predicted molar refractivity (Wildman–Crippen MR) is 125 cm³/mol. The van der Waals surface area contributed by atoms with E-state index < -0.39 is 20.5 Å². The van der Waals surface area contributed by atoms with Gasteiger partial charge in [-0.15, -0.1) is 51.7 Å².